The molecule has 0 aliphatic carbocycles. The van der Waals surface area contributed by atoms with E-state index in [-0.39, 0.29) is 24.7 Å². The number of amides is 4. The van der Waals surface area contributed by atoms with Gasteiger partial charge >= 0.3 is 6.03 Å². The summed E-state index contributed by atoms with van der Waals surface area (Å²) in [6, 6.07) is 13.6. The molecular formula is C30H38N4O6. The van der Waals surface area contributed by atoms with Crippen molar-refractivity contribution < 1.29 is 28.7 Å². The standard InChI is InChI=1S/C30H38N4O6/c1-20(31-29(38)34-15-7-8-16-34)27(36)33-25(18-22-11-13-23(39-3)14-12-22)28(37)32-24(26(35)30(2)19-40-30)17-21-9-5-4-6-10-21/h4-6,9-14,20,24-25H,7-8,15-19H2,1-3H3,(H,31,38)(H,32,37)(H,33,36)/t20-,24-,25-,30+/m0/s1. The highest BCUT2D eigenvalue weighted by Crippen LogP contribution is 2.29. The van der Waals surface area contributed by atoms with Crippen LogP contribution in [-0.2, 0) is 32.0 Å². The summed E-state index contributed by atoms with van der Waals surface area (Å²) in [6.07, 6.45) is 2.33. The van der Waals surface area contributed by atoms with Gasteiger partial charge in [0.1, 0.15) is 23.4 Å². The molecule has 0 radical (unpaired) electrons. The van der Waals surface area contributed by atoms with Crippen LogP contribution in [0, 0.1) is 0 Å². The highest BCUT2D eigenvalue weighted by Gasteiger charge is 2.50. The van der Waals surface area contributed by atoms with Crippen molar-refractivity contribution in [3.05, 3.63) is 65.7 Å². The summed E-state index contributed by atoms with van der Waals surface area (Å²) in [5.74, 6) is -0.547. The van der Waals surface area contributed by atoms with Gasteiger partial charge in [-0.05, 0) is 56.4 Å². The number of carbonyl (C=O) groups is 4. The summed E-state index contributed by atoms with van der Waals surface area (Å²) >= 11 is 0. The number of benzene rings is 2. The molecule has 0 bridgehead atoms. The van der Waals surface area contributed by atoms with E-state index < -0.39 is 35.5 Å². The molecule has 0 aromatic heterocycles. The molecule has 2 saturated heterocycles. The molecule has 2 aliphatic rings. The van der Waals surface area contributed by atoms with Crippen LogP contribution in [0.5, 0.6) is 5.75 Å². The first-order valence-corrected chi connectivity index (χ1v) is 13.7. The number of rotatable bonds is 12. The first-order chi connectivity index (χ1) is 19.2. The van der Waals surface area contributed by atoms with E-state index in [9.17, 15) is 19.2 Å². The number of methoxy groups -OCH3 is 1. The fourth-order valence-corrected chi connectivity index (χ4v) is 4.72. The molecular weight excluding hydrogens is 512 g/mol. The van der Waals surface area contributed by atoms with Gasteiger partial charge in [0.2, 0.25) is 11.8 Å². The predicted molar refractivity (Wildman–Crippen MR) is 149 cm³/mol. The van der Waals surface area contributed by atoms with Crippen molar-refractivity contribution >= 4 is 23.6 Å². The lowest BCUT2D eigenvalue weighted by molar-refractivity contribution is -0.133. The Hall–Kier alpha value is -3.92. The van der Waals surface area contributed by atoms with Crippen molar-refractivity contribution in [2.45, 2.75) is 63.3 Å². The Kier molecular flexibility index (Phi) is 9.42. The van der Waals surface area contributed by atoms with E-state index in [0.717, 1.165) is 24.0 Å². The Morgan fingerprint density at radius 3 is 2.05 bits per heavy atom. The fourth-order valence-electron chi connectivity index (χ4n) is 4.72. The molecule has 2 fully saturated rings. The summed E-state index contributed by atoms with van der Waals surface area (Å²) in [7, 11) is 1.57. The molecule has 0 spiro atoms. The van der Waals surface area contributed by atoms with Crippen LogP contribution < -0.4 is 20.7 Å². The molecule has 40 heavy (non-hydrogen) atoms. The molecule has 2 heterocycles. The van der Waals surface area contributed by atoms with Gasteiger partial charge in [-0.25, -0.2) is 4.79 Å². The smallest absolute Gasteiger partial charge is 0.318 e. The maximum Gasteiger partial charge on any atom is 0.318 e. The molecule has 4 atom stereocenters. The number of Topliss-reactive ketones (excluding diaryl/α,β-unsaturated/α-hetero) is 1. The van der Waals surface area contributed by atoms with Gasteiger partial charge in [0, 0.05) is 19.5 Å². The van der Waals surface area contributed by atoms with Crippen molar-refractivity contribution in [1.82, 2.24) is 20.9 Å². The minimum absolute atomic E-state index is 0.175. The molecule has 2 aromatic rings. The Balaban J connectivity index is 1.50. The third-order valence-corrected chi connectivity index (χ3v) is 7.37. The minimum Gasteiger partial charge on any atom is -0.497 e. The van der Waals surface area contributed by atoms with Gasteiger partial charge in [0.05, 0.1) is 19.8 Å². The number of ketones is 1. The van der Waals surface area contributed by atoms with Crippen LogP contribution in [0.2, 0.25) is 0 Å². The lowest BCUT2D eigenvalue weighted by Crippen LogP contribution is -2.57. The number of epoxide rings is 1. The molecule has 4 rings (SSSR count). The molecule has 214 valence electrons. The van der Waals surface area contributed by atoms with E-state index in [1.807, 2.05) is 42.5 Å². The van der Waals surface area contributed by atoms with Crippen molar-refractivity contribution in [2.75, 3.05) is 26.8 Å². The van der Waals surface area contributed by atoms with Crippen LogP contribution in [-0.4, -0.2) is 79.1 Å². The number of hydrogen-bond acceptors (Lipinski definition) is 6. The number of nitrogens with one attached hydrogen (secondary N) is 3. The van der Waals surface area contributed by atoms with Crippen LogP contribution in [0.3, 0.4) is 0 Å². The fraction of sp³-hybridized carbons (Fsp3) is 0.467. The molecule has 10 heteroatoms. The van der Waals surface area contributed by atoms with Crippen molar-refractivity contribution in [2.24, 2.45) is 0 Å². The van der Waals surface area contributed by atoms with E-state index in [4.69, 9.17) is 9.47 Å². The summed E-state index contributed by atoms with van der Waals surface area (Å²) in [5.41, 5.74) is 0.744. The highest BCUT2D eigenvalue weighted by atomic mass is 16.6. The van der Waals surface area contributed by atoms with E-state index in [1.54, 1.807) is 38.0 Å². The predicted octanol–water partition coefficient (Wildman–Crippen LogP) is 2.00. The van der Waals surface area contributed by atoms with Crippen molar-refractivity contribution in [3.63, 3.8) is 0 Å². The first kappa shape index (κ1) is 29.1. The van der Waals surface area contributed by atoms with Gasteiger partial charge in [0.25, 0.3) is 0 Å². The largest absolute Gasteiger partial charge is 0.497 e. The van der Waals surface area contributed by atoms with Crippen LogP contribution in [0.25, 0.3) is 0 Å². The summed E-state index contributed by atoms with van der Waals surface area (Å²) in [6.45, 7) is 4.90. The lowest BCUT2D eigenvalue weighted by Gasteiger charge is -2.26. The average Bonchev–Trinajstić information content (AvgIpc) is 3.47. The number of nitrogens with zero attached hydrogens (tertiary/aromatic N) is 1. The molecule has 3 N–H and O–H groups in total. The Morgan fingerprint density at radius 1 is 0.875 bits per heavy atom. The topological polar surface area (TPSA) is 129 Å². The van der Waals surface area contributed by atoms with E-state index in [0.29, 0.717) is 25.4 Å². The first-order valence-electron chi connectivity index (χ1n) is 13.7. The molecule has 0 unspecified atom stereocenters. The zero-order valence-corrected chi connectivity index (χ0v) is 23.3. The Bertz CT molecular complexity index is 1190. The van der Waals surface area contributed by atoms with E-state index >= 15 is 0 Å². The summed E-state index contributed by atoms with van der Waals surface area (Å²) in [5, 5.41) is 8.40. The average molecular weight is 551 g/mol. The Labute approximate surface area is 234 Å². The van der Waals surface area contributed by atoms with E-state index in [1.165, 1.54) is 0 Å². The van der Waals surface area contributed by atoms with Gasteiger partial charge in [-0.3, -0.25) is 14.4 Å². The van der Waals surface area contributed by atoms with Gasteiger partial charge in [-0.2, -0.15) is 0 Å². The quantitative estimate of drug-likeness (QED) is 0.347. The second-order valence-corrected chi connectivity index (χ2v) is 10.6. The van der Waals surface area contributed by atoms with Crippen molar-refractivity contribution in [3.8, 4) is 5.75 Å². The second-order valence-electron chi connectivity index (χ2n) is 10.6. The lowest BCUT2D eigenvalue weighted by atomic mass is 9.94. The number of urea groups is 1. The molecule has 0 saturated carbocycles. The monoisotopic (exact) mass is 550 g/mol. The number of likely N-dealkylation sites (tertiary alicyclic amines) is 1. The molecule has 2 aromatic carbocycles. The second kappa shape index (κ2) is 13.0. The van der Waals surface area contributed by atoms with Gasteiger partial charge in [-0.15, -0.1) is 0 Å². The van der Waals surface area contributed by atoms with Gasteiger partial charge in [-0.1, -0.05) is 42.5 Å². The number of ether oxygens (including phenoxy) is 2. The summed E-state index contributed by atoms with van der Waals surface area (Å²) in [4.78, 5) is 54.3. The third kappa shape index (κ3) is 7.59. The molecule has 4 amide bonds. The maximum absolute atomic E-state index is 13.7. The van der Waals surface area contributed by atoms with Crippen molar-refractivity contribution in [1.29, 1.82) is 0 Å². The highest BCUT2D eigenvalue weighted by molar-refractivity contribution is 5.98. The van der Waals surface area contributed by atoms with E-state index in [2.05, 4.69) is 16.0 Å². The van der Waals surface area contributed by atoms with Crippen LogP contribution in [0.4, 0.5) is 4.79 Å². The molecule has 10 nitrogen and oxygen atoms in total. The van der Waals surface area contributed by atoms with Crippen LogP contribution >= 0.6 is 0 Å². The third-order valence-electron chi connectivity index (χ3n) is 7.37. The number of hydrogen-bond donors (Lipinski definition) is 3. The number of carbonyl (C=O) groups excluding carboxylic acids is 4. The molecule has 2 aliphatic heterocycles. The zero-order valence-electron chi connectivity index (χ0n) is 23.3. The van der Waals surface area contributed by atoms with Gasteiger partial charge < -0.3 is 30.3 Å². The SMILES string of the molecule is COc1ccc(C[C@H](NC(=O)[C@H](C)NC(=O)N2CCCC2)C(=O)N[C@@H](Cc2ccccc2)C(=O)[C@@]2(C)CO2)cc1. The van der Waals surface area contributed by atoms with Crippen LogP contribution in [0.15, 0.2) is 54.6 Å². The minimum atomic E-state index is -0.994. The van der Waals surface area contributed by atoms with Crippen LogP contribution in [0.1, 0.15) is 37.8 Å². The van der Waals surface area contributed by atoms with Gasteiger partial charge in [0.15, 0.2) is 5.78 Å². The zero-order chi connectivity index (χ0) is 28.7. The Morgan fingerprint density at radius 2 is 1.45 bits per heavy atom. The normalized spacial score (nSPS) is 20.1. The maximum atomic E-state index is 13.7. The summed E-state index contributed by atoms with van der Waals surface area (Å²) < 4.78 is 10.6.